The van der Waals surface area contributed by atoms with Crippen molar-refractivity contribution in [3.05, 3.63) is 64.7 Å². The van der Waals surface area contributed by atoms with Gasteiger partial charge in [-0.1, -0.05) is 12.1 Å². The van der Waals surface area contributed by atoms with Crippen molar-refractivity contribution in [1.29, 1.82) is 0 Å². The molecule has 4 rings (SSSR count). The van der Waals surface area contributed by atoms with Gasteiger partial charge in [0.25, 0.3) is 11.5 Å². The van der Waals surface area contributed by atoms with Crippen molar-refractivity contribution >= 4 is 23.0 Å². The molecule has 3 aromatic rings. The molecule has 0 unspecified atom stereocenters. The normalized spacial score (nSPS) is 14.2. The molecule has 0 N–H and O–H groups in total. The first-order valence-corrected chi connectivity index (χ1v) is 9.83. The molecule has 9 nitrogen and oxygen atoms in total. The van der Waals surface area contributed by atoms with Crippen LogP contribution in [0.15, 0.2) is 58.7 Å². The molecule has 0 aliphatic carbocycles. The van der Waals surface area contributed by atoms with Gasteiger partial charge >= 0.3 is 0 Å². The van der Waals surface area contributed by atoms with Crippen LogP contribution >= 0.6 is 0 Å². The molecule has 1 amide bonds. The number of methoxy groups -OCH3 is 1. The second-order valence-electron chi connectivity index (χ2n) is 6.85. The van der Waals surface area contributed by atoms with Crippen LogP contribution in [0.2, 0.25) is 0 Å². The van der Waals surface area contributed by atoms with Gasteiger partial charge in [-0.15, -0.1) is 0 Å². The van der Waals surface area contributed by atoms with Gasteiger partial charge in [0.15, 0.2) is 18.1 Å². The molecule has 0 saturated carbocycles. The van der Waals surface area contributed by atoms with E-state index in [0.29, 0.717) is 54.3 Å². The molecular formula is C22H22N4O5. The summed E-state index contributed by atoms with van der Waals surface area (Å²) in [4.78, 5) is 30.8. The number of carbonyl (C=O) groups excluding carboxylic acids is 1. The summed E-state index contributed by atoms with van der Waals surface area (Å²) in [5.74, 6) is 0.813. The quantitative estimate of drug-likeness (QED) is 0.559. The Hall–Kier alpha value is -3.72. The van der Waals surface area contributed by atoms with Crippen molar-refractivity contribution in [3.63, 3.8) is 0 Å². The Morgan fingerprint density at radius 3 is 2.81 bits per heavy atom. The SMILES string of the molecule is COc1cc(/C=N/n2cnc3ccccc3c2=O)ccc1OCC(=O)N1CCOCC1. The zero-order chi connectivity index (χ0) is 21.6. The zero-order valence-electron chi connectivity index (χ0n) is 17.1. The van der Waals surface area contributed by atoms with Crippen LogP contribution in [-0.4, -0.2) is 66.7 Å². The van der Waals surface area contributed by atoms with Crippen molar-refractivity contribution in [2.24, 2.45) is 5.10 Å². The second-order valence-corrected chi connectivity index (χ2v) is 6.85. The number of carbonyl (C=O) groups is 1. The van der Waals surface area contributed by atoms with Gasteiger partial charge in [-0.25, -0.2) is 4.98 Å². The lowest BCUT2D eigenvalue weighted by molar-refractivity contribution is -0.137. The van der Waals surface area contributed by atoms with E-state index in [0.717, 1.165) is 0 Å². The minimum atomic E-state index is -0.254. The van der Waals surface area contributed by atoms with Gasteiger partial charge in [0.2, 0.25) is 0 Å². The summed E-state index contributed by atoms with van der Waals surface area (Å²) in [6.45, 7) is 2.13. The van der Waals surface area contributed by atoms with Crippen molar-refractivity contribution in [2.75, 3.05) is 40.0 Å². The fourth-order valence-corrected chi connectivity index (χ4v) is 3.20. The Bertz CT molecular complexity index is 1170. The smallest absolute Gasteiger partial charge is 0.281 e. The van der Waals surface area contributed by atoms with E-state index in [1.54, 1.807) is 41.3 Å². The van der Waals surface area contributed by atoms with E-state index in [2.05, 4.69) is 10.1 Å². The standard InChI is InChI=1S/C22H22N4O5/c1-29-20-12-16(6-7-19(20)31-14-21(27)25-8-10-30-11-9-25)13-24-26-15-23-18-5-3-2-4-17(18)22(26)28/h2-7,12-13,15H,8-11,14H2,1H3/b24-13+. The second kappa shape index (κ2) is 9.40. The largest absolute Gasteiger partial charge is 0.493 e. The molecule has 0 spiro atoms. The van der Waals surface area contributed by atoms with Crippen LogP contribution in [0.1, 0.15) is 5.56 Å². The number of aromatic nitrogens is 2. The molecule has 1 aliphatic heterocycles. The number of hydrogen-bond acceptors (Lipinski definition) is 7. The van der Waals surface area contributed by atoms with Gasteiger partial charge in [0.1, 0.15) is 6.33 Å². The average molecular weight is 422 g/mol. The van der Waals surface area contributed by atoms with E-state index in [9.17, 15) is 9.59 Å². The molecule has 31 heavy (non-hydrogen) atoms. The van der Waals surface area contributed by atoms with Crippen LogP contribution in [0.4, 0.5) is 0 Å². The minimum Gasteiger partial charge on any atom is -0.493 e. The van der Waals surface area contributed by atoms with Crippen LogP contribution in [-0.2, 0) is 9.53 Å². The van der Waals surface area contributed by atoms with E-state index < -0.39 is 0 Å². The molecule has 9 heteroatoms. The Morgan fingerprint density at radius 1 is 1.19 bits per heavy atom. The highest BCUT2D eigenvalue weighted by Gasteiger charge is 2.18. The molecule has 1 aliphatic rings. The molecule has 2 aromatic carbocycles. The third-order valence-electron chi connectivity index (χ3n) is 4.88. The number of amides is 1. The molecule has 0 bridgehead atoms. The topological polar surface area (TPSA) is 95.2 Å². The average Bonchev–Trinajstić information content (AvgIpc) is 2.83. The molecular weight excluding hydrogens is 400 g/mol. The number of morpholine rings is 1. The third kappa shape index (κ3) is 4.72. The number of hydrogen-bond donors (Lipinski definition) is 0. The first-order valence-electron chi connectivity index (χ1n) is 9.83. The molecule has 1 fully saturated rings. The highest BCUT2D eigenvalue weighted by Crippen LogP contribution is 2.27. The molecule has 0 radical (unpaired) electrons. The van der Waals surface area contributed by atoms with Crippen LogP contribution < -0.4 is 15.0 Å². The summed E-state index contributed by atoms with van der Waals surface area (Å²) in [6, 6.07) is 12.3. The van der Waals surface area contributed by atoms with Crippen LogP contribution in [0, 0.1) is 0 Å². The molecule has 0 atom stereocenters. The van der Waals surface area contributed by atoms with E-state index in [1.165, 1.54) is 24.3 Å². The van der Waals surface area contributed by atoms with E-state index in [1.807, 2.05) is 6.07 Å². The number of fused-ring (bicyclic) bond motifs is 1. The van der Waals surface area contributed by atoms with Gasteiger partial charge in [-0.2, -0.15) is 9.78 Å². The first kappa shape index (κ1) is 20.5. The van der Waals surface area contributed by atoms with Crippen LogP contribution in [0.5, 0.6) is 11.5 Å². The van der Waals surface area contributed by atoms with Gasteiger partial charge in [0, 0.05) is 13.1 Å². The highest BCUT2D eigenvalue weighted by atomic mass is 16.5. The van der Waals surface area contributed by atoms with E-state index in [-0.39, 0.29) is 18.1 Å². The van der Waals surface area contributed by atoms with Crippen molar-refractivity contribution in [2.45, 2.75) is 0 Å². The third-order valence-corrected chi connectivity index (χ3v) is 4.88. The zero-order valence-corrected chi connectivity index (χ0v) is 17.1. The fraction of sp³-hybridized carbons (Fsp3) is 0.273. The van der Waals surface area contributed by atoms with Gasteiger partial charge in [-0.05, 0) is 35.9 Å². The van der Waals surface area contributed by atoms with E-state index >= 15 is 0 Å². The predicted molar refractivity (Wildman–Crippen MR) is 115 cm³/mol. The van der Waals surface area contributed by atoms with Gasteiger partial charge in [-0.3, -0.25) is 9.59 Å². The van der Waals surface area contributed by atoms with Gasteiger partial charge < -0.3 is 19.1 Å². The van der Waals surface area contributed by atoms with Crippen molar-refractivity contribution in [1.82, 2.24) is 14.6 Å². The summed E-state index contributed by atoms with van der Waals surface area (Å²) in [5.41, 5.74) is 1.06. The molecule has 2 heterocycles. The monoisotopic (exact) mass is 422 g/mol. The summed E-state index contributed by atoms with van der Waals surface area (Å²) < 4.78 is 17.5. The lowest BCUT2D eigenvalue weighted by Crippen LogP contribution is -2.43. The Labute approximate surface area is 178 Å². The Kier molecular flexibility index (Phi) is 6.23. The maximum atomic E-state index is 12.5. The summed E-state index contributed by atoms with van der Waals surface area (Å²) in [6.07, 6.45) is 2.91. The number of ether oxygens (including phenoxy) is 3. The minimum absolute atomic E-state index is 0.0814. The van der Waals surface area contributed by atoms with Crippen molar-refractivity contribution in [3.8, 4) is 11.5 Å². The number of para-hydroxylation sites is 1. The molecule has 1 aromatic heterocycles. The highest BCUT2D eigenvalue weighted by molar-refractivity contribution is 5.82. The summed E-state index contributed by atoms with van der Waals surface area (Å²) in [5, 5.41) is 4.71. The van der Waals surface area contributed by atoms with Crippen LogP contribution in [0.25, 0.3) is 10.9 Å². The lowest BCUT2D eigenvalue weighted by Gasteiger charge is -2.26. The van der Waals surface area contributed by atoms with Crippen LogP contribution in [0.3, 0.4) is 0 Å². The number of benzene rings is 2. The lowest BCUT2D eigenvalue weighted by atomic mass is 10.2. The molecule has 1 saturated heterocycles. The Morgan fingerprint density at radius 2 is 2.00 bits per heavy atom. The first-order chi connectivity index (χ1) is 15.2. The summed E-state index contributed by atoms with van der Waals surface area (Å²) >= 11 is 0. The predicted octanol–water partition coefficient (Wildman–Crippen LogP) is 1.52. The number of rotatable bonds is 6. The maximum absolute atomic E-state index is 12.5. The Balaban J connectivity index is 1.47. The maximum Gasteiger partial charge on any atom is 0.281 e. The summed E-state index contributed by atoms with van der Waals surface area (Å²) in [7, 11) is 1.52. The van der Waals surface area contributed by atoms with Gasteiger partial charge in [0.05, 0.1) is 37.4 Å². The number of nitrogens with zero attached hydrogens (tertiary/aromatic N) is 4. The molecule has 160 valence electrons. The van der Waals surface area contributed by atoms with Crippen molar-refractivity contribution < 1.29 is 19.0 Å². The fourth-order valence-electron chi connectivity index (χ4n) is 3.20. The van der Waals surface area contributed by atoms with E-state index in [4.69, 9.17) is 14.2 Å².